The molecule has 1 saturated heterocycles. The number of benzene rings is 1. The third kappa shape index (κ3) is 3.22. The van der Waals surface area contributed by atoms with Crippen molar-refractivity contribution in [3.63, 3.8) is 0 Å². The Hall–Kier alpha value is -2.70. The zero-order chi connectivity index (χ0) is 19.1. The molecule has 6 nitrogen and oxygen atoms in total. The summed E-state index contributed by atoms with van der Waals surface area (Å²) in [7, 11) is 1.57. The van der Waals surface area contributed by atoms with Crippen molar-refractivity contribution in [2.45, 2.75) is 38.0 Å². The summed E-state index contributed by atoms with van der Waals surface area (Å²) >= 11 is 0. The van der Waals surface area contributed by atoms with Gasteiger partial charge in [-0.1, -0.05) is 18.2 Å². The van der Waals surface area contributed by atoms with Gasteiger partial charge in [-0.05, 0) is 31.9 Å². The number of nitrogens with one attached hydrogen (secondary N) is 1. The van der Waals surface area contributed by atoms with Crippen LogP contribution in [0, 0.1) is 5.92 Å². The zero-order valence-electron chi connectivity index (χ0n) is 15.3. The number of likely N-dealkylation sites (tertiary alicyclic amines) is 1. The van der Waals surface area contributed by atoms with Crippen molar-refractivity contribution >= 4 is 22.7 Å². The number of ether oxygens (including phenoxy) is 1. The van der Waals surface area contributed by atoms with Crippen molar-refractivity contribution in [2.24, 2.45) is 5.92 Å². The first kappa shape index (κ1) is 17.7. The summed E-state index contributed by atoms with van der Waals surface area (Å²) in [5, 5.41) is 3.86. The number of carbonyl (C=O) groups excluding carboxylic acids is 2. The molecule has 4 atom stereocenters. The third-order valence-electron chi connectivity index (χ3n) is 5.52. The summed E-state index contributed by atoms with van der Waals surface area (Å²) < 4.78 is 18.5. The van der Waals surface area contributed by atoms with Crippen LogP contribution >= 0.6 is 0 Å². The number of methoxy groups -OCH3 is 1. The first-order valence-corrected chi connectivity index (χ1v) is 9.18. The Balaban J connectivity index is 1.48. The van der Waals surface area contributed by atoms with Crippen LogP contribution in [-0.4, -0.2) is 53.6 Å². The maximum absolute atomic E-state index is 13.2. The van der Waals surface area contributed by atoms with Crippen molar-refractivity contribution in [3.05, 3.63) is 36.0 Å². The largest absolute Gasteiger partial charge is 0.494 e. The second-order valence-corrected chi connectivity index (χ2v) is 7.23. The molecule has 2 aliphatic rings. The van der Waals surface area contributed by atoms with Gasteiger partial charge in [-0.15, -0.1) is 0 Å². The van der Waals surface area contributed by atoms with Gasteiger partial charge in [0, 0.05) is 18.0 Å². The van der Waals surface area contributed by atoms with Gasteiger partial charge in [-0.25, -0.2) is 9.37 Å². The lowest BCUT2D eigenvalue weighted by molar-refractivity contribution is -0.133. The van der Waals surface area contributed by atoms with Crippen molar-refractivity contribution in [2.75, 3.05) is 13.7 Å². The van der Waals surface area contributed by atoms with E-state index < -0.39 is 12.1 Å². The average molecular weight is 371 g/mol. The van der Waals surface area contributed by atoms with Gasteiger partial charge in [0.05, 0.1) is 19.1 Å². The normalized spacial score (nSPS) is 26.9. The highest BCUT2D eigenvalue weighted by Gasteiger charge is 2.48. The molecule has 1 saturated carbocycles. The maximum atomic E-state index is 13.2. The molecular formula is C20H22FN3O3. The molecule has 4 rings (SSSR count). The van der Waals surface area contributed by atoms with Gasteiger partial charge >= 0.3 is 0 Å². The van der Waals surface area contributed by atoms with Crippen LogP contribution in [0.1, 0.15) is 30.3 Å². The molecule has 7 heteroatoms. The van der Waals surface area contributed by atoms with Crippen molar-refractivity contribution < 1.29 is 18.7 Å². The number of alkyl halides is 1. The van der Waals surface area contributed by atoms with Crippen LogP contribution in [0.4, 0.5) is 4.39 Å². The highest BCUT2D eigenvalue weighted by molar-refractivity contribution is 5.96. The Bertz CT molecular complexity index is 903. The Kier molecular flexibility index (Phi) is 4.45. The van der Waals surface area contributed by atoms with Crippen molar-refractivity contribution in [3.8, 4) is 5.75 Å². The topological polar surface area (TPSA) is 71.5 Å². The predicted octanol–water partition coefficient (Wildman–Crippen LogP) is 2.32. The third-order valence-corrected chi connectivity index (χ3v) is 5.52. The maximum Gasteiger partial charge on any atom is 0.270 e. The number of fused-ring (bicyclic) bond motifs is 1. The first-order chi connectivity index (χ1) is 13.0. The molecule has 1 aliphatic carbocycles. The molecule has 1 aromatic heterocycles. The Morgan fingerprint density at radius 2 is 2.07 bits per heavy atom. The van der Waals surface area contributed by atoms with Gasteiger partial charge in [-0.2, -0.15) is 0 Å². The predicted molar refractivity (Wildman–Crippen MR) is 98.3 cm³/mol. The fraction of sp³-hybridized carbons (Fsp3) is 0.450. The minimum atomic E-state index is -1.00. The van der Waals surface area contributed by atoms with Gasteiger partial charge in [0.15, 0.2) is 0 Å². The number of nitrogens with zero attached hydrogens (tertiary/aromatic N) is 2. The van der Waals surface area contributed by atoms with Crippen LogP contribution in [0.2, 0.25) is 0 Å². The average Bonchev–Trinajstić information content (AvgIpc) is 3.31. The van der Waals surface area contributed by atoms with Crippen LogP contribution in [0.25, 0.3) is 10.9 Å². The molecule has 0 radical (unpaired) electrons. The summed E-state index contributed by atoms with van der Waals surface area (Å²) in [6, 6.07) is 8.76. The molecule has 2 heterocycles. The Labute approximate surface area is 156 Å². The number of hydrogen-bond acceptors (Lipinski definition) is 4. The number of halogens is 1. The zero-order valence-corrected chi connectivity index (χ0v) is 15.3. The fourth-order valence-electron chi connectivity index (χ4n) is 3.73. The second kappa shape index (κ2) is 6.79. The number of para-hydroxylation sites is 1. The lowest BCUT2D eigenvalue weighted by atomic mass is 10.1. The van der Waals surface area contributed by atoms with Crippen LogP contribution < -0.4 is 10.1 Å². The molecule has 1 aliphatic heterocycles. The SMILES string of the molecule is COc1cccc2ccc(C(=O)N[C@@H]3CCN(C(=O)[C@@H]4C[C@@H]4F)[C@@H]3C)nc12. The summed E-state index contributed by atoms with van der Waals surface area (Å²) in [6.45, 7) is 2.43. The van der Waals surface area contributed by atoms with E-state index in [0.717, 1.165) is 5.39 Å². The molecule has 2 fully saturated rings. The number of hydrogen-bond donors (Lipinski definition) is 1. The number of carbonyl (C=O) groups is 2. The van der Waals surface area contributed by atoms with E-state index >= 15 is 0 Å². The van der Waals surface area contributed by atoms with E-state index in [4.69, 9.17) is 4.74 Å². The summed E-state index contributed by atoms with van der Waals surface area (Å²) in [4.78, 5) is 31.1. The Morgan fingerprint density at radius 3 is 2.78 bits per heavy atom. The van der Waals surface area contributed by atoms with Crippen LogP contribution in [0.5, 0.6) is 5.75 Å². The van der Waals surface area contributed by atoms with E-state index in [1.807, 2.05) is 25.1 Å². The van der Waals surface area contributed by atoms with E-state index in [9.17, 15) is 14.0 Å². The summed E-state index contributed by atoms with van der Waals surface area (Å²) in [5.74, 6) is -0.307. The van der Waals surface area contributed by atoms with Gasteiger partial charge < -0.3 is 15.0 Å². The second-order valence-electron chi connectivity index (χ2n) is 7.23. The van der Waals surface area contributed by atoms with Crippen molar-refractivity contribution in [1.29, 1.82) is 0 Å². The van der Waals surface area contributed by atoms with E-state index in [0.29, 0.717) is 36.3 Å². The fourth-order valence-corrected chi connectivity index (χ4v) is 3.73. The number of aromatic nitrogens is 1. The van der Waals surface area contributed by atoms with Crippen molar-refractivity contribution in [1.82, 2.24) is 15.2 Å². The molecule has 142 valence electrons. The lowest BCUT2D eigenvalue weighted by Crippen LogP contribution is -2.45. The minimum Gasteiger partial charge on any atom is -0.494 e. The van der Waals surface area contributed by atoms with Crippen LogP contribution in [0.3, 0.4) is 0 Å². The minimum absolute atomic E-state index is 0.139. The van der Waals surface area contributed by atoms with Crippen LogP contribution in [0.15, 0.2) is 30.3 Å². The summed E-state index contributed by atoms with van der Waals surface area (Å²) in [5.41, 5.74) is 0.932. The highest BCUT2D eigenvalue weighted by atomic mass is 19.1. The standard InChI is InChI=1S/C20H22FN3O3/c1-11-15(8-9-24(11)20(26)13-10-14(13)21)23-19(25)16-7-6-12-4-3-5-17(27-2)18(12)22-16/h3-7,11,13-15H,8-10H2,1-2H3,(H,23,25)/t11-,13-,14+,15-/m1/s1. The molecule has 27 heavy (non-hydrogen) atoms. The molecule has 2 aromatic rings. The Morgan fingerprint density at radius 1 is 1.30 bits per heavy atom. The van der Waals surface area contributed by atoms with Gasteiger partial charge in [0.1, 0.15) is 23.1 Å². The smallest absolute Gasteiger partial charge is 0.270 e. The van der Waals surface area contributed by atoms with Crippen LogP contribution in [-0.2, 0) is 4.79 Å². The van der Waals surface area contributed by atoms with Gasteiger partial charge in [-0.3, -0.25) is 9.59 Å². The van der Waals surface area contributed by atoms with E-state index in [-0.39, 0.29) is 23.9 Å². The first-order valence-electron chi connectivity index (χ1n) is 9.18. The quantitative estimate of drug-likeness (QED) is 0.895. The molecular weight excluding hydrogens is 349 g/mol. The number of pyridine rings is 1. The highest BCUT2D eigenvalue weighted by Crippen LogP contribution is 2.37. The monoisotopic (exact) mass is 371 g/mol. The molecule has 2 amide bonds. The number of rotatable bonds is 4. The van der Waals surface area contributed by atoms with E-state index in [1.54, 1.807) is 24.1 Å². The molecule has 0 bridgehead atoms. The van der Waals surface area contributed by atoms with Gasteiger partial charge in [0.2, 0.25) is 5.91 Å². The molecule has 1 N–H and O–H groups in total. The molecule has 0 unspecified atom stereocenters. The van der Waals surface area contributed by atoms with E-state index in [1.165, 1.54) is 0 Å². The molecule has 1 aromatic carbocycles. The summed E-state index contributed by atoms with van der Waals surface area (Å²) in [6.07, 6.45) is -0.0312. The lowest BCUT2D eigenvalue weighted by Gasteiger charge is -2.25. The van der Waals surface area contributed by atoms with Gasteiger partial charge in [0.25, 0.3) is 5.91 Å². The number of amides is 2. The molecule has 0 spiro atoms. The van der Waals surface area contributed by atoms with E-state index in [2.05, 4.69) is 10.3 Å².